The molecule has 1 heterocycles. The molecular formula is C12H14ClN3. The molecule has 4 heteroatoms. The molecule has 0 unspecified atom stereocenters. The first-order valence-electron chi connectivity index (χ1n) is 5.14. The highest BCUT2D eigenvalue weighted by molar-refractivity contribution is 6.33. The fraction of sp³-hybridized carbons (Fsp3) is 0.250. The van der Waals surface area contributed by atoms with Crippen molar-refractivity contribution in [2.24, 2.45) is 7.05 Å². The summed E-state index contributed by atoms with van der Waals surface area (Å²) in [5, 5.41) is 8.35. The molecule has 0 saturated heterocycles. The molecule has 0 bridgehead atoms. The second-order valence-corrected chi connectivity index (χ2v) is 4.17. The van der Waals surface area contributed by atoms with Crippen molar-refractivity contribution in [3.05, 3.63) is 46.7 Å². The normalized spacial score (nSPS) is 10.4. The molecule has 0 aliphatic rings. The van der Waals surface area contributed by atoms with Crippen LogP contribution in [0.1, 0.15) is 11.3 Å². The van der Waals surface area contributed by atoms with Gasteiger partial charge in [0.1, 0.15) is 0 Å². The van der Waals surface area contributed by atoms with Crippen molar-refractivity contribution in [3.63, 3.8) is 0 Å². The third-order valence-corrected chi connectivity index (χ3v) is 2.75. The van der Waals surface area contributed by atoms with Crippen molar-refractivity contribution in [2.75, 3.05) is 5.32 Å². The Morgan fingerprint density at radius 3 is 2.81 bits per heavy atom. The highest BCUT2D eigenvalue weighted by atomic mass is 35.5. The topological polar surface area (TPSA) is 29.9 Å². The van der Waals surface area contributed by atoms with Crippen LogP contribution < -0.4 is 5.32 Å². The van der Waals surface area contributed by atoms with Gasteiger partial charge in [-0.1, -0.05) is 23.7 Å². The average Bonchev–Trinajstić information content (AvgIpc) is 2.63. The van der Waals surface area contributed by atoms with Crippen LogP contribution >= 0.6 is 11.6 Å². The number of aromatic nitrogens is 2. The first-order chi connectivity index (χ1) is 7.66. The summed E-state index contributed by atoms with van der Waals surface area (Å²) in [7, 11) is 1.91. The minimum atomic E-state index is 0.686. The van der Waals surface area contributed by atoms with Crippen LogP contribution in [0.15, 0.2) is 30.5 Å². The molecule has 1 N–H and O–H groups in total. The third kappa shape index (κ3) is 2.36. The first kappa shape index (κ1) is 11.0. The summed E-state index contributed by atoms with van der Waals surface area (Å²) in [4.78, 5) is 0. The summed E-state index contributed by atoms with van der Waals surface area (Å²) in [6.45, 7) is 2.72. The average molecular weight is 236 g/mol. The molecule has 0 radical (unpaired) electrons. The van der Waals surface area contributed by atoms with Gasteiger partial charge in [0.15, 0.2) is 0 Å². The molecule has 3 nitrogen and oxygen atoms in total. The number of hydrogen-bond donors (Lipinski definition) is 1. The Labute approximate surface area is 100 Å². The molecule has 0 saturated carbocycles. The van der Waals surface area contributed by atoms with Gasteiger partial charge in [0.25, 0.3) is 0 Å². The summed E-state index contributed by atoms with van der Waals surface area (Å²) in [5.41, 5.74) is 3.13. The van der Waals surface area contributed by atoms with Crippen molar-refractivity contribution in [1.29, 1.82) is 0 Å². The quantitative estimate of drug-likeness (QED) is 0.887. The van der Waals surface area contributed by atoms with Crippen LogP contribution in [0.3, 0.4) is 0 Å². The van der Waals surface area contributed by atoms with E-state index in [1.165, 1.54) is 0 Å². The molecule has 16 heavy (non-hydrogen) atoms. The van der Waals surface area contributed by atoms with Crippen LogP contribution in [0.5, 0.6) is 0 Å². The standard InChI is InChI=1S/C12H14ClN3/c1-9-4-3-5-11(13)12(9)14-8-10-6-7-16(2)15-10/h3-7,14H,8H2,1-2H3. The Bertz CT molecular complexity index is 471. The molecule has 84 valence electrons. The Balaban J connectivity index is 2.10. The van der Waals surface area contributed by atoms with E-state index in [-0.39, 0.29) is 0 Å². The summed E-state index contributed by atoms with van der Waals surface area (Å²) in [5.74, 6) is 0. The molecule has 1 aromatic carbocycles. The predicted octanol–water partition coefficient (Wildman–Crippen LogP) is 2.99. The van der Waals surface area contributed by atoms with E-state index < -0.39 is 0 Å². The third-order valence-electron chi connectivity index (χ3n) is 2.44. The van der Waals surface area contributed by atoms with Crippen LogP contribution in [-0.2, 0) is 13.6 Å². The molecule has 2 aromatic rings. The van der Waals surface area contributed by atoms with E-state index in [0.717, 1.165) is 22.0 Å². The molecule has 1 aromatic heterocycles. The molecule has 0 atom stereocenters. The minimum Gasteiger partial charge on any atom is -0.378 e. The summed E-state index contributed by atoms with van der Waals surface area (Å²) in [6, 6.07) is 7.85. The molecule has 0 spiro atoms. The Morgan fingerprint density at radius 2 is 2.19 bits per heavy atom. The number of nitrogens with one attached hydrogen (secondary N) is 1. The van der Waals surface area contributed by atoms with Gasteiger partial charge in [-0.15, -0.1) is 0 Å². The van der Waals surface area contributed by atoms with E-state index in [0.29, 0.717) is 6.54 Å². The molecule has 2 rings (SSSR count). The minimum absolute atomic E-state index is 0.686. The molecule has 0 aliphatic heterocycles. The van der Waals surface area contributed by atoms with Crippen molar-refractivity contribution >= 4 is 17.3 Å². The van der Waals surface area contributed by atoms with Crippen LogP contribution in [0.2, 0.25) is 5.02 Å². The number of benzene rings is 1. The summed E-state index contributed by atoms with van der Waals surface area (Å²) >= 11 is 6.11. The number of hydrogen-bond acceptors (Lipinski definition) is 2. The van der Waals surface area contributed by atoms with Crippen LogP contribution in [-0.4, -0.2) is 9.78 Å². The number of nitrogens with zero attached hydrogens (tertiary/aromatic N) is 2. The zero-order chi connectivity index (χ0) is 11.5. The smallest absolute Gasteiger partial charge is 0.0815 e. The van der Waals surface area contributed by atoms with E-state index in [1.807, 2.05) is 44.4 Å². The van der Waals surface area contributed by atoms with Gasteiger partial charge in [-0.25, -0.2) is 0 Å². The summed E-state index contributed by atoms with van der Waals surface area (Å²) < 4.78 is 1.79. The maximum atomic E-state index is 6.11. The van der Waals surface area contributed by atoms with Gasteiger partial charge < -0.3 is 5.32 Å². The van der Waals surface area contributed by atoms with Crippen LogP contribution in [0.25, 0.3) is 0 Å². The van der Waals surface area contributed by atoms with Gasteiger partial charge in [-0.3, -0.25) is 4.68 Å². The van der Waals surface area contributed by atoms with Gasteiger partial charge in [0, 0.05) is 13.2 Å². The molecule has 0 amide bonds. The Kier molecular flexibility index (Phi) is 3.15. The Hall–Kier alpha value is -1.48. The van der Waals surface area contributed by atoms with Gasteiger partial charge in [-0.2, -0.15) is 5.10 Å². The zero-order valence-corrected chi connectivity index (χ0v) is 10.1. The second kappa shape index (κ2) is 4.58. The zero-order valence-electron chi connectivity index (χ0n) is 9.37. The number of rotatable bonds is 3. The van der Waals surface area contributed by atoms with Crippen molar-refractivity contribution in [1.82, 2.24) is 9.78 Å². The SMILES string of the molecule is Cc1cccc(Cl)c1NCc1ccn(C)n1. The number of halogens is 1. The van der Waals surface area contributed by atoms with Gasteiger partial charge in [-0.05, 0) is 24.6 Å². The lowest BCUT2D eigenvalue weighted by Gasteiger charge is -2.09. The van der Waals surface area contributed by atoms with Gasteiger partial charge >= 0.3 is 0 Å². The van der Waals surface area contributed by atoms with Gasteiger partial charge in [0.05, 0.1) is 22.9 Å². The lowest BCUT2D eigenvalue weighted by molar-refractivity contribution is 0.747. The van der Waals surface area contributed by atoms with E-state index >= 15 is 0 Å². The fourth-order valence-electron chi connectivity index (χ4n) is 1.59. The van der Waals surface area contributed by atoms with Crippen molar-refractivity contribution < 1.29 is 0 Å². The fourth-order valence-corrected chi connectivity index (χ4v) is 1.88. The maximum absolute atomic E-state index is 6.11. The maximum Gasteiger partial charge on any atom is 0.0815 e. The second-order valence-electron chi connectivity index (χ2n) is 3.77. The number of aryl methyl sites for hydroxylation is 2. The summed E-state index contributed by atoms with van der Waals surface area (Å²) in [6.07, 6.45) is 1.93. The van der Waals surface area contributed by atoms with E-state index in [4.69, 9.17) is 11.6 Å². The molecule has 0 aliphatic carbocycles. The van der Waals surface area contributed by atoms with Gasteiger partial charge in [0.2, 0.25) is 0 Å². The lowest BCUT2D eigenvalue weighted by atomic mass is 10.2. The number of para-hydroxylation sites is 1. The van der Waals surface area contributed by atoms with Crippen LogP contribution in [0.4, 0.5) is 5.69 Å². The Morgan fingerprint density at radius 1 is 1.38 bits per heavy atom. The van der Waals surface area contributed by atoms with Crippen LogP contribution in [0, 0.1) is 6.92 Å². The van der Waals surface area contributed by atoms with Crippen molar-refractivity contribution in [2.45, 2.75) is 13.5 Å². The van der Waals surface area contributed by atoms with E-state index in [2.05, 4.69) is 10.4 Å². The highest BCUT2D eigenvalue weighted by Gasteiger charge is 2.03. The largest absolute Gasteiger partial charge is 0.378 e. The monoisotopic (exact) mass is 235 g/mol. The highest BCUT2D eigenvalue weighted by Crippen LogP contribution is 2.25. The lowest BCUT2D eigenvalue weighted by Crippen LogP contribution is -2.03. The molecular weight excluding hydrogens is 222 g/mol. The van der Waals surface area contributed by atoms with E-state index in [9.17, 15) is 0 Å². The first-order valence-corrected chi connectivity index (χ1v) is 5.52. The van der Waals surface area contributed by atoms with Crippen molar-refractivity contribution in [3.8, 4) is 0 Å². The predicted molar refractivity (Wildman–Crippen MR) is 66.7 cm³/mol. The molecule has 0 fully saturated rings. The number of anilines is 1. The van der Waals surface area contributed by atoms with E-state index in [1.54, 1.807) is 4.68 Å².